The first-order valence-electron chi connectivity index (χ1n) is 6.30. The van der Waals surface area contributed by atoms with Gasteiger partial charge in [-0.15, -0.1) is 0 Å². The quantitative estimate of drug-likeness (QED) is 0.933. The number of hydrogen-bond donors (Lipinski definition) is 1. The molecular formula is C14H14ClN3O. The fourth-order valence-electron chi connectivity index (χ4n) is 2.14. The summed E-state index contributed by atoms with van der Waals surface area (Å²) in [7, 11) is 0. The monoisotopic (exact) mass is 275 g/mol. The predicted octanol–water partition coefficient (Wildman–Crippen LogP) is 3.35. The third kappa shape index (κ3) is 3.03. The normalized spacial score (nSPS) is 18.5. The largest absolute Gasteiger partial charge is 0.437 e. The molecule has 1 N–H and O–H groups in total. The van der Waals surface area contributed by atoms with E-state index < -0.39 is 0 Å². The molecule has 2 heterocycles. The van der Waals surface area contributed by atoms with Crippen molar-refractivity contribution in [1.82, 2.24) is 15.3 Å². The molecule has 0 aliphatic carbocycles. The Kier molecular flexibility index (Phi) is 3.62. The van der Waals surface area contributed by atoms with Crippen LogP contribution in [0.1, 0.15) is 24.6 Å². The molecule has 0 saturated carbocycles. The highest BCUT2D eigenvalue weighted by Gasteiger charge is 2.18. The number of nitrogens with zero attached hydrogens (tertiary/aromatic N) is 2. The van der Waals surface area contributed by atoms with Gasteiger partial charge >= 0.3 is 0 Å². The third-order valence-electron chi connectivity index (χ3n) is 3.08. The van der Waals surface area contributed by atoms with Gasteiger partial charge in [0, 0.05) is 5.02 Å². The lowest BCUT2D eigenvalue weighted by molar-refractivity contribution is 0.453. The van der Waals surface area contributed by atoms with Crippen LogP contribution < -0.4 is 10.1 Å². The minimum atomic E-state index is 0.293. The van der Waals surface area contributed by atoms with Crippen molar-refractivity contribution in [2.75, 3.05) is 6.54 Å². The third-order valence-corrected chi connectivity index (χ3v) is 3.34. The van der Waals surface area contributed by atoms with Crippen LogP contribution in [0.25, 0.3) is 0 Å². The minimum Gasteiger partial charge on any atom is -0.437 e. The average Bonchev–Trinajstić information content (AvgIpc) is 2.96. The van der Waals surface area contributed by atoms with Gasteiger partial charge in [-0.1, -0.05) is 11.6 Å². The molecule has 1 saturated heterocycles. The first kappa shape index (κ1) is 12.4. The minimum absolute atomic E-state index is 0.293. The molecule has 0 amide bonds. The maximum atomic E-state index is 5.83. The molecule has 5 heteroatoms. The van der Waals surface area contributed by atoms with E-state index in [1.165, 1.54) is 6.42 Å². The van der Waals surface area contributed by atoms with E-state index in [0.29, 0.717) is 22.7 Å². The second-order valence-corrected chi connectivity index (χ2v) is 4.92. The van der Waals surface area contributed by atoms with Crippen molar-refractivity contribution in [2.24, 2.45) is 0 Å². The number of hydrogen-bond acceptors (Lipinski definition) is 4. The van der Waals surface area contributed by atoms with E-state index >= 15 is 0 Å². The van der Waals surface area contributed by atoms with E-state index in [4.69, 9.17) is 16.3 Å². The van der Waals surface area contributed by atoms with Crippen LogP contribution >= 0.6 is 11.6 Å². The van der Waals surface area contributed by atoms with Crippen LogP contribution in [-0.2, 0) is 0 Å². The van der Waals surface area contributed by atoms with Gasteiger partial charge in [-0.2, -0.15) is 0 Å². The van der Waals surface area contributed by atoms with E-state index in [-0.39, 0.29) is 0 Å². The Bertz CT molecular complexity index is 553. The zero-order valence-corrected chi connectivity index (χ0v) is 11.1. The molecule has 4 nitrogen and oxygen atoms in total. The smallest absolute Gasteiger partial charge is 0.238 e. The van der Waals surface area contributed by atoms with Gasteiger partial charge in [-0.25, -0.2) is 4.98 Å². The van der Waals surface area contributed by atoms with E-state index in [2.05, 4.69) is 15.3 Å². The molecule has 1 fully saturated rings. The summed E-state index contributed by atoms with van der Waals surface area (Å²) in [5.74, 6) is 1.21. The van der Waals surface area contributed by atoms with Crippen molar-refractivity contribution in [3.8, 4) is 11.6 Å². The van der Waals surface area contributed by atoms with Gasteiger partial charge in [0.2, 0.25) is 5.88 Å². The summed E-state index contributed by atoms with van der Waals surface area (Å²) in [5, 5.41) is 4.08. The maximum Gasteiger partial charge on any atom is 0.238 e. The maximum absolute atomic E-state index is 5.83. The fraction of sp³-hybridized carbons (Fsp3) is 0.286. The van der Waals surface area contributed by atoms with Crippen molar-refractivity contribution in [3.05, 3.63) is 47.4 Å². The Hall–Kier alpha value is -1.65. The molecule has 1 aromatic heterocycles. The Morgan fingerprint density at radius 2 is 2.05 bits per heavy atom. The highest BCUT2D eigenvalue weighted by atomic mass is 35.5. The molecule has 2 aromatic rings. The predicted molar refractivity (Wildman–Crippen MR) is 73.5 cm³/mol. The first-order chi connectivity index (χ1) is 9.31. The van der Waals surface area contributed by atoms with Crippen molar-refractivity contribution < 1.29 is 4.74 Å². The molecule has 0 unspecified atom stereocenters. The first-order valence-corrected chi connectivity index (χ1v) is 6.68. The standard InChI is InChI=1S/C14H14ClN3O/c15-10-3-5-11(6-4-10)19-14-9-16-8-13(18-14)12-2-1-7-17-12/h3-6,8-9,12,17H,1-2,7H2/t12-/m1/s1. The van der Waals surface area contributed by atoms with Crippen LogP contribution in [0, 0.1) is 0 Å². The number of halogens is 1. The number of ether oxygens (including phenoxy) is 1. The number of aromatic nitrogens is 2. The van der Waals surface area contributed by atoms with Crippen LogP contribution in [0.5, 0.6) is 11.6 Å². The molecule has 0 radical (unpaired) electrons. The van der Waals surface area contributed by atoms with E-state index in [1.54, 1.807) is 24.5 Å². The Morgan fingerprint density at radius 3 is 2.79 bits per heavy atom. The zero-order valence-electron chi connectivity index (χ0n) is 10.3. The van der Waals surface area contributed by atoms with Crippen LogP contribution in [0.2, 0.25) is 5.02 Å². The highest BCUT2D eigenvalue weighted by molar-refractivity contribution is 6.30. The topological polar surface area (TPSA) is 47.0 Å². The number of rotatable bonds is 3. The fourth-order valence-corrected chi connectivity index (χ4v) is 2.27. The summed E-state index contributed by atoms with van der Waals surface area (Å²) >= 11 is 5.83. The second-order valence-electron chi connectivity index (χ2n) is 4.49. The van der Waals surface area contributed by atoms with Gasteiger partial charge in [0.25, 0.3) is 0 Å². The highest BCUT2D eigenvalue weighted by Crippen LogP contribution is 2.25. The van der Waals surface area contributed by atoms with Crippen molar-refractivity contribution in [3.63, 3.8) is 0 Å². The van der Waals surface area contributed by atoms with E-state index in [0.717, 1.165) is 18.7 Å². The zero-order chi connectivity index (χ0) is 13.1. The van der Waals surface area contributed by atoms with Crippen LogP contribution in [0.4, 0.5) is 0 Å². The second kappa shape index (κ2) is 5.55. The lowest BCUT2D eigenvalue weighted by atomic mass is 10.2. The lowest BCUT2D eigenvalue weighted by Crippen LogP contribution is -2.14. The summed E-state index contributed by atoms with van der Waals surface area (Å²) in [6.07, 6.45) is 5.68. The molecule has 1 atom stereocenters. The number of benzene rings is 1. The summed E-state index contributed by atoms with van der Waals surface area (Å²) in [4.78, 5) is 8.68. The molecule has 0 spiro atoms. The van der Waals surface area contributed by atoms with Crippen LogP contribution in [-0.4, -0.2) is 16.5 Å². The van der Waals surface area contributed by atoms with Gasteiger partial charge < -0.3 is 10.1 Å². The molecule has 19 heavy (non-hydrogen) atoms. The average molecular weight is 276 g/mol. The van der Waals surface area contributed by atoms with Crippen molar-refractivity contribution >= 4 is 11.6 Å². The van der Waals surface area contributed by atoms with Crippen LogP contribution in [0.3, 0.4) is 0 Å². The summed E-state index contributed by atoms with van der Waals surface area (Å²) < 4.78 is 5.67. The summed E-state index contributed by atoms with van der Waals surface area (Å²) in [6.45, 7) is 1.04. The van der Waals surface area contributed by atoms with Crippen molar-refractivity contribution in [1.29, 1.82) is 0 Å². The number of nitrogens with one attached hydrogen (secondary N) is 1. The van der Waals surface area contributed by atoms with Crippen molar-refractivity contribution in [2.45, 2.75) is 18.9 Å². The van der Waals surface area contributed by atoms with Gasteiger partial charge in [-0.05, 0) is 43.7 Å². The Morgan fingerprint density at radius 1 is 1.21 bits per heavy atom. The molecule has 3 rings (SSSR count). The van der Waals surface area contributed by atoms with Gasteiger partial charge in [0.1, 0.15) is 5.75 Å². The Balaban J connectivity index is 1.77. The van der Waals surface area contributed by atoms with Gasteiger partial charge in [-0.3, -0.25) is 4.98 Å². The molecule has 1 aliphatic rings. The van der Waals surface area contributed by atoms with E-state index in [9.17, 15) is 0 Å². The molecule has 1 aliphatic heterocycles. The SMILES string of the molecule is Clc1ccc(Oc2cncc([C@H]3CCCN3)n2)cc1. The summed E-state index contributed by atoms with van der Waals surface area (Å²) in [6, 6.07) is 7.48. The van der Waals surface area contributed by atoms with Gasteiger partial charge in [0.05, 0.1) is 24.1 Å². The molecular weight excluding hydrogens is 262 g/mol. The summed E-state index contributed by atoms with van der Waals surface area (Å²) in [5.41, 5.74) is 0.934. The molecule has 0 bridgehead atoms. The molecule has 98 valence electrons. The van der Waals surface area contributed by atoms with Crippen LogP contribution in [0.15, 0.2) is 36.7 Å². The van der Waals surface area contributed by atoms with Gasteiger partial charge in [0.15, 0.2) is 0 Å². The lowest BCUT2D eigenvalue weighted by Gasteiger charge is -2.10. The Labute approximate surface area is 116 Å². The molecule has 1 aromatic carbocycles. The van der Waals surface area contributed by atoms with E-state index in [1.807, 2.05) is 12.1 Å².